The fourth-order valence-electron chi connectivity index (χ4n) is 3.64. The quantitative estimate of drug-likeness (QED) is 0.512. The number of carbonyl (C=O) groups excluding carboxylic acids is 1. The lowest BCUT2D eigenvalue weighted by atomic mass is 9.32. The maximum absolute atomic E-state index is 11.1. The molecule has 4 atom stereocenters. The van der Waals surface area contributed by atoms with Crippen LogP contribution < -0.4 is 0 Å². The fraction of sp³-hybridized carbons (Fsp3) is 0.900. The zero-order valence-corrected chi connectivity index (χ0v) is 7.59. The van der Waals surface area contributed by atoms with Crippen molar-refractivity contribution in [2.45, 2.75) is 39.2 Å². The van der Waals surface area contributed by atoms with E-state index in [-0.39, 0.29) is 12.1 Å². The molecule has 1 heterocycles. The van der Waals surface area contributed by atoms with E-state index in [0.29, 0.717) is 23.2 Å². The molecule has 0 N–H and O–H groups in total. The minimum absolute atomic E-state index is 0.0317. The molecule has 0 bridgehead atoms. The van der Waals surface area contributed by atoms with E-state index in [4.69, 9.17) is 4.74 Å². The van der Waals surface area contributed by atoms with Gasteiger partial charge in [-0.1, -0.05) is 13.8 Å². The molecule has 2 saturated carbocycles. The molecule has 2 aliphatic carbocycles. The van der Waals surface area contributed by atoms with E-state index in [1.807, 2.05) is 0 Å². The van der Waals surface area contributed by atoms with Gasteiger partial charge in [0.15, 0.2) is 0 Å². The van der Waals surface area contributed by atoms with Gasteiger partial charge in [-0.25, -0.2) is 0 Å². The third-order valence-electron chi connectivity index (χ3n) is 4.84. The van der Waals surface area contributed by atoms with Crippen LogP contribution in [0.4, 0.5) is 0 Å². The zero-order valence-electron chi connectivity index (χ0n) is 7.59. The van der Waals surface area contributed by atoms with Gasteiger partial charge in [0.2, 0.25) is 0 Å². The number of esters is 1. The summed E-state index contributed by atoms with van der Waals surface area (Å²) in [4.78, 5) is 11.1. The molecule has 2 nitrogen and oxygen atoms in total. The molecule has 2 heteroatoms. The normalized spacial score (nSPS) is 61.0. The predicted octanol–water partition coefficient (Wildman–Crippen LogP) is 1.74. The lowest BCUT2D eigenvalue weighted by Crippen LogP contribution is -2.74. The Balaban J connectivity index is 1.96. The SMILES string of the molecule is CC12CC3CC(=O)OC(C1)C32C. The Morgan fingerprint density at radius 1 is 1.42 bits per heavy atom. The van der Waals surface area contributed by atoms with Crippen LogP contribution in [0.3, 0.4) is 0 Å². The lowest BCUT2D eigenvalue weighted by Gasteiger charge is -2.74. The van der Waals surface area contributed by atoms with Crippen molar-refractivity contribution in [2.24, 2.45) is 16.7 Å². The Morgan fingerprint density at radius 3 is 2.75 bits per heavy atom. The number of hydrogen-bond acceptors (Lipinski definition) is 2. The summed E-state index contributed by atoms with van der Waals surface area (Å²) in [7, 11) is 0. The van der Waals surface area contributed by atoms with Gasteiger partial charge >= 0.3 is 5.97 Å². The molecule has 0 aromatic rings. The summed E-state index contributed by atoms with van der Waals surface area (Å²) in [6.07, 6.45) is 3.27. The van der Waals surface area contributed by atoms with Gasteiger partial charge in [0.05, 0.1) is 0 Å². The summed E-state index contributed by atoms with van der Waals surface area (Å²) in [5, 5.41) is 0. The Kier molecular flexibility index (Phi) is 0.906. The fourth-order valence-corrected chi connectivity index (χ4v) is 3.64. The first kappa shape index (κ1) is 6.93. The molecule has 1 aliphatic heterocycles. The Hall–Kier alpha value is -0.530. The molecular formula is C10H14O2. The van der Waals surface area contributed by atoms with E-state index in [9.17, 15) is 4.79 Å². The molecule has 3 aliphatic rings. The highest BCUT2D eigenvalue weighted by atomic mass is 16.5. The van der Waals surface area contributed by atoms with Crippen molar-refractivity contribution in [3.63, 3.8) is 0 Å². The molecule has 1 saturated heterocycles. The maximum Gasteiger partial charge on any atom is 0.306 e. The molecule has 3 fully saturated rings. The average molecular weight is 166 g/mol. The minimum atomic E-state index is 0.0317. The summed E-state index contributed by atoms with van der Waals surface area (Å²) < 4.78 is 5.32. The molecule has 3 rings (SSSR count). The minimum Gasteiger partial charge on any atom is -0.462 e. The van der Waals surface area contributed by atoms with E-state index in [2.05, 4.69) is 13.8 Å². The average Bonchev–Trinajstić information content (AvgIpc) is 1.98. The van der Waals surface area contributed by atoms with Crippen LogP contribution in [-0.2, 0) is 9.53 Å². The first-order valence-corrected chi connectivity index (χ1v) is 4.76. The summed E-state index contributed by atoms with van der Waals surface area (Å²) in [5.41, 5.74) is 0.851. The molecule has 66 valence electrons. The van der Waals surface area contributed by atoms with Crippen LogP contribution in [0.25, 0.3) is 0 Å². The third-order valence-corrected chi connectivity index (χ3v) is 4.84. The summed E-state index contributed by atoms with van der Waals surface area (Å²) in [6, 6.07) is 0. The van der Waals surface area contributed by atoms with Crippen LogP contribution in [0.1, 0.15) is 33.1 Å². The van der Waals surface area contributed by atoms with Gasteiger partial charge in [-0.15, -0.1) is 0 Å². The summed E-state index contributed by atoms with van der Waals surface area (Å²) >= 11 is 0. The highest BCUT2D eigenvalue weighted by molar-refractivity contribution is 5.72. The maximum atomic E-state index is 11.1. The van der Waals surface area contributed by atoms with E-state index < -0.39 is 0 Å². The number of rotatable bonds is 0. The van der Waals surface area contributed by atoms with Crippen LogP contribution in [0.2, 0.25) is 0 Å². The smallest absolute Gasteiger partial charge is 0.306 e. The van der Waals surface area contributed by atoms with Crippen molar-refractivity contribution in [3.05, 3.63) is 0 Å². The summed E-state index contributed by atoms with van der Waals surface area (Å²) in [6.45, 7) is 4.63. The number of hydrogen-bond donors (Lipinski definition) is 0. The standard InChI is InChI=1S/C10H14O2/c1-9-4-6-3-8(11)12-7(5-9)10(6,9)2/h6-7H,3-5H2,1-2H3. The number of carbonyl (C=O) groups is 1. The Bertz CT molecular complexity index is 251. The zero-order chi connectivity index (χ0) is 8.56. The lowest BCUT2D eigenvalue weighted by molar-refractivity contribution is -0.311. The number of ether oxygens (including phenoxy) is 1. The van der Waals surface area contributed by atoms with Gasteiger partial charge in [0.25, 0.3) is 0 Å². The largest absolute Gasteiger partial charge is 0.462 e. The molecule has 12 heavy (non-hydrogen) atoms. The predicted molar refractivity (Wildman–Crippen MR) is 43.4 cm³/mol. The molecule has 4 unspecified atom stereocenters. The Morgan fingerprint density at radius 2 is 2.17 bits per heavy atom. The monoisotopic (exact) mass is 166 g/mol. The second kappa shape index (κ2) is 1.57. The summed E-state index contributed by atoms with van der Waals surface area (Å²) in [5.74, 6) is 0.659. The van der Waals surface area contributed by atoms with Crippen molar-refractivity contribution in [1.29, 1.82) is 0 Å². The van der Waals surface area contributed by atoms with Crippen molar-refractivity contribution < 1.29 is 9.53 Å². The molecule has 0 aromatic carbocycles. The third kappa shape index (κ3) is 0.459. The topological polar surface area (TPSA) is 26.3 Å². The van der Waals surface area contributed by atoms with Crippen LogP contribution >= 0.6 is 0 Å². The van der Waals surface area contributed by atoms with Gasteiger partial charge in [-0.3, -0.25) is 4.79 Å². The highest BCUT2D eigenvalue weighted by Gasteiger charge is 2.74. The first-order valence-electron chi connectivity index (χ1n) is 4.76. The van der Waals surface area contributed by atoms with Gasteiger partial charge in [-0.2, -0.15) is 0 Å². The van der Waals surface area contributed by atoms with Crippen molar-refractivity contribution in [2.75, 3.05) is 0 Å². The van der Waals surface area contributed by atoms with Crippen LogP contribution in [-0.4, -0.2) is 12.1 Å². The molecule has 0 aromatic heterocycles. The van der Waals surface area contributed by atoms with Gasteiger partial charge in [0, 0.05) is 11.8 Å². The molecule has 0 amide bonds. The first-order chi connectivity index (χ1) is 5.56. The highest BCUT2D eigenvalue weighted by Crippen LogP contribution is 2.75. The second-order valence-corrected chi connectivity index (χ2v) is 5.13. The molecule has 0 radical (unpaired) electrons. The van der Waals surface area contributed by atoms with E-state index in [0.717, 1.165) is 6.42 Å². The Labute approximate surface area is 72.3 Å². The van der Waals surface area contributed by atoms with Crippen molar-refractivity contribution in [3.8, 4) is 0 Å². The van der Waals surface area contributed by atoms with Crippen LogP contribution in [0.5, 0.6) is 0 Å². The van der Waals surface area contributed by atoms with Gasteiger partial charge in [0.1, 0.15) is 6.10 Å². The molecular weight excluding hydrogens is 152 g/mol. The van der Waals surface area contributed by atoms with E-state index >= 15 is 0 Å². The van der Waals surface area contributed by atoms with Crippen molar-refractivity contribution >= 4 is 5.97 Å². The molecule has 0 spiro atoms. The van der Waals surface area contributed by atoms with E-state index in [1.54, 1.807) is 0 Å². The van der Waals surface area contributed by atoms with E-state index in [1.165, 1.54) is 6.42 Å². The second-order valence-electron chi connectivity index (χ2n) is 5.13. The van der Waals surface area contributed by atoms with Crippen LogP contribution in [0.15, 0.2) is 0 Å². The van der Waals surface area contributed by atoms with Gasteiger partial charge < -0.3 is 4.74 Å². The van der Waals surface area contributed by atoms with Crippen LogP contribution in [0, 0.1) is 16.7 Å². The van der Waals surface area contributed by atoms with Gasteiger partial charge in [-0.05, 0) is 24.2 Å². The van der Waals surface area contributed by atoms with Crippen molar-refractivity contribution in [1.82, 2.24) is 0 Å².